The minimum Gasteiger partial charge on any atom is -0.481 e. The molecule has 2 fully saturated rings. The monoisotopic (exact) mass is 225 g/mol. The Morgan fingerprint density at radius 1 is 1.31 bits per heavy atom. The van der Waals surface area contributed by atoms with E-state index in [1.807, 2.05) is 0 Å². The van der Waals surface area contributed by atoms with Crippen LogP contribution in [0.3, 0.4) is 0 Å². The van der Waals surface area contributed by atoms with Gasteiger partial charge in [-0.05, 0) is 39.2 Å². The second-order valence-electron chi connectivity index (χ2n) is 5.61. The largest absolute Gasteiger partial charge is 0.481 e. The first-order valence-corrected chi connectivity index (χ1v) is 6.61. The van der Waals surface area contributed by atoms with E-state index in [-0.39, 0.29) is 0 Å². The molecule has 2 rings (SSSR count). The zero-order valence-electron chi connectivity index (χ0n) is 10.2. The van der Waals surface area contributed by atoms with Crippen LogP contribution in [0, 0.1) is 5.41 Å². The molecule has 1 aliphatic heterocycles. The van der Waals surface area contributed by atoms with Crippen molar-refractivity contribution in [2.24, 2.45) is 5.41 Å². The number of aliphatic carboxylic acids is 1. The summed E-state index contributed by atoms with van der Waals surface area (Å²) in [6, 6.07) is 0.582. The van der Waals surface area contributed by atoms with Crippen molar-refractivity contribution in [1.29, 1.82) is 0 Å². The molecule has 1 unspecified atom stereocenters. The summed E-state index contributed by atoms with van der Waals surface area (Å²) in [5.41, 5.74) is -0.434. The Balaban J connectivity index is 2.04. The predicted octanol–water partition coefficient (Wildman–Crippen LogP) is 2.51. The van der Waals surface area contributed by atoms with E-state index < -0.39 is 11.4 Å². The van der Waals surface area contributed by atoms with E-state index in [2.05, 4.69) is 11.8 Å². The van der Waals surface area contributed by atoms with Crippen LogP contribution in [0.15, 0.2) is 0 Å². The molecule has 3 heteroatoms. The molecule has 1 saturated carbocycles. The van der Waals surface area contributed by atoms with Crippen molar-refractivity contribution in [2.75, 3.05) is 13.1 Å². The van der Waals surface area contributed by atoms with Gasteiger partial charge in [0.05, 0.1) is 5.41 Å². The molecule has 1 saturated heterocycles. The van der Waals surface area contributed by atoms with Crippen molar-refractivity contribution in [1.82, 2.24) is 4.90 Å². The molecule has 3 nitrogen and oxygen atoms in total. The van der Waals surface area contributed by atoms with Gasteiger partial charge in [0.15, 0.2) is 0 Å². The molecule has 92 valence electrons. The van der Waals surface area contributed by atoms with E-state index in [4.69, 9.17) is 0 Å². The molecule has 1 heterocycles. The summed E-state index contributed by atoms with van der Waals surface area (Å²) in [4.78, 5) is 13.9. The summed E-state index contributed by atoms with van der Waals surface area (Å²) in [7, 11) is 0. The molecule has 0 bridgehead atoms. The molecule has 0 aromatic heterocycles. The van der Waals surface area contributed by atoms with Gasteiger partial charge in [0.2, 0.25) is 0 Å². The molecule has 0 amide bonds. The van der Waals surface area contributed by atoms with E-state index in [0.29, 0.717) is 6.04 Å². The quantitative estimate of drug-likeness (QED) is 0.802. The molecule has 2 aliphatic rings. The zero-order valence-corrected chi connectivity index (χ0v) is 10.2. The van der Waals surface area contributed by atoms with Gasteiger partial charge in [-0.15, -0.1) is 0 Å². The van der Waals surface area contributed by atoms with Crippen LogP contribution < -0.4 is 0 Å². The number of nitrogens with zero attached hydrogens (tertiary/aromatic N) is 1. The van der Waals surface area contributed by atoms with Crippen molar-refractivity contribution >= 4 is 5.97 Å². The lowest BCUT2D eigenvalue weighted by Gasteiger charge is -2.37. The van der Waals surface area contributed by atoms with Gasteiger partial charge < -0.3 is 5.11 Å². The molecule has 1 N–H and O–H groups in total. The van der Waals surface area contributed by atoms with Gasteiger partial charge in [-0.2, -0.15) is 0 Å². The van der Waals surface area contributed by atoms with Gasteiger partial charge in [0, 0.05) is 12.6 Å². The van der Waals surface area contributed by atoms with Gasteiger partial charge >= 0.3 is 5.97 Å². The van der Waals surface area contributed by atoms with Crippen LogP contribution in [0.1, 0.15) is 51.9 Å². The summed E-state index contributed by atoms with van der Waals surface area (Å²) >= 11 is 0. The number of carbonyl (C=O) groups is 1. The average molecular weight is 225 g/mol. The third-order valence-corrected chi connectivity index (χ3v) is 4.46. The minimum atomic E-state index is -0.564. The smallest absolute Gasteiger partial charge is 0.310 e. The van der Waals surface area contributed by atoms with Crippen LogP contribution in [-0.4, -0.2) is 35.1 Å². The van der Waals surface area contributed by atoms with Gasteiger partial charge in [0.25, 0.3) is 0 Å². The maximum Gasteiger partial charge on any atom is 0.310 e. The molecule has 1 atom stereocenters. The van der Waals surface area contributed by atoms with Gasteiger partial charge in [-0.25, -0.2) is 0 Å². The molecule has 0 aromatic carbocycles. The summed E-state index contributed by atoms with van der Waals surface area (Å²) in [5.74, 6) is -0.564. The summed E-state index contributed by atoms with van der Waals surface area (Å²) in [6.45, 7) is 4.10. The molecule has 0 radical (unpaired) electrons. The van der Waals surface area contributed by atoms with E-state index >= 15 is 0 Å². The van der Waals surface area contributed by atoms with E-state index in [1.54, 1.807) is 0 Å². The number of likely N-dealkylation sites (tertiary alicyclic amines) is 1. The third-order valence-electron chi connectivity index (χ3n) is 4.46. The van der Waals surface area contributed by atoms with Gasteiger partial charge in [0.1, 0.15) is 0 Å². The Morgan fingerprint density at radius 2 is 2.00 bits per heavy atom. The van der Waals surface area contributed by atoms with Crippen LogP contribution in [0.5, 0.6) is 0 Å². The number of carboxylic acids is 1. The first-order chi connectivity index (χ1) is 7.64. The van der Waals surface area contributed by atoms with Crippen molar-refractivity contribution in [3.05, 3.63) is 0 Å². The Bertz CT molecular complexity index is 259. The minimum absolute atomic E-state index is 0.434. The lowest BCUT2D eigenvalue weighted by molar-refractivity contribution is -0.152. The Morgan fingerprint density at radius 3 is 2.50 bits per heavy atom. The Kier molecular flexibility index (Phi) is 3.53. The number of rotatable bonds is 3. The highest BCUT2D eigenvalue weighted by atomic mass is 16.4. The number of hydrogen-bond donors (Lipinski definition) is 1. The molecular weight excluding hydrogens is 202 g/mol. The topological polar surface area (TPSA) is 40.5 Å². The van der Waals surface area contributed by atoms with Crippen LogP contribution in [0.25, 0.3) is 0 Å². The highest BCUT2D eigenvalue weighted by Gasteiger charge is 2.42. The average Bonchev–Trinajstić information content (AvgIpc) is 2.65. The maximum atomic E-state index is 11.5. The maximum absolute atomic E-state index is 11.5. The van der Waals surface area contributed by atoms with Crippen LogP contribution in [0.4, 0.5) is 0 Å². The summed E-state index contributed by atoms with van der Waals surface area (Å²) in [6.07, 6.45) is 7.62. The normalized spacial score (nSPS) is 30.4. The van der Waals surface area contributed by atoms with Crippen molar-refractivity contribution in [3.8, 4) is 0 Å². The lowest BCUT2D eigenvalue weighted by atomic mass is 9.73. The third kappa shape index (κ3) is 2.24. The van der Waals surface area contributed by atoms with Crippen LogP contribution >= 0.6 is 0 Å². The first-order valence-electron chi connectivity index (χ1n) is 6.61. The fourth-order valence-electron chi connectivity index (χ4n) is 3.28. The lowest BCUT2D eigenvalue weighted by Crippen LogP contribution is -2.45. The summed E-state index contributed by atoms with van der Waals surface area (Å²) < 4.78 is 0. The van der Waals surface area contributed by atoms with Gasteiger partial charge in [-0.3, -0.25) is 9.69 Å². The van der Waals surface area contributed by atoms with Crippen molar-refractivity contribution in [3.63, 3.8) is 0 Å². The fourth-order valence-corrected chi connectivity index (χ4v) is 3.28. The highest BCUT2D eigenvalue weighted by molar-refractivity contribution is 5.75. The van der Waals surface area contributed by atoms with E-state index in [0.717, 1.165) is 38.8 Å². The van der Waals surface area contributed by atoms with Crippen LogP contribution in [0.2, 0.25) is 0 Å². The highest BCUT2D eigenvalue weighted by Crippen LogP contribution is 2.38. The summed E-state index contributed by atoms with van der Waals surface area (Å²) in [5, 5.41) is 9.51. The predicted molar refractivity (Wildman–Crippen MR) is 63.4 cm³/mol. The van der Waals surface area contributed by atoms with Crippen molar-refractivity contribution in [2.45, 2.75) is 57.9 Å². The Hall–Kier alpha value is -0.570. The molecule has 0 aromatic rings. The molecule has 0 spiro atoms. The van der Waals surface area contributed by atoms with Crippen molar-refractivity contribution < 1.29 is 9.90 Å². The van der Waals surface area contributed by atoms with E-state index in [9.17, 15) is 9.90 Å². The second-order valence-corrected chi connectivity index (χ2v) is 5.61. The first kappa shape index (κ1) is 11.9. The Labute approximate surface area is 97.8 Å². The van der Waals surface area contributed by atoms with E-state index in [1.165, 1.54) is 19.3 Å². The molecule has 1 aliphatic carbocycles. The number of hydrogen-bond acceptors (Lipinski definition) is 2. The second kappa shape index (κ2) is 4.74. The SMILES string of the molecule is CC1CCCN1CC1(C(=O)O)CCCCC1. The molecular formula is C13H23NO2. The zero-order chi connectivity index (χ0) is 11.6. The fraction of sp³-hybridized carbons (Fsp3) is 0.923. The van der Waals surface area contributed by atoms with Gasteiger partial charge in [-0.1, -0.05) is 19.3 Å². The standard InChI is InChI=1S/C13H23NO2/c1-11-6-5-9-14(11)10-13(12(15)16)7-3-2-4-8-13/h11H,2-10H2,1H3,(H,15,16). The number of carboxylic acid groups (broad SMARTS) is 1. The van der Waals surface area contributed by atoms with Crippen LogP contribution in [-0.2, 0) is 4.79 Å². The molecule has 16 heavy (non-hydrogen) atoms.